The lowest BCUT2D eigenvalue weighted by atomic mass is 9.94. The Morgan fingerprint density at radius 1 is 1.48 bits per heavy atom. The van der Waals surface area contributed by atoms with Crippen LogP contribution in [-0.2, 0) is 16.0 Å². The van der Waals surface area contributed by atoms with Crippen LogP contribution in [0.15, 0.2) is 11.4 Å². The van der Waals surface area contributed by atoms with E-state index in [0.29, 0.717) is 0 Å². The molecule has 5 N–H and O–H groups in total. The first kappa shape index (κ1) is 15.3. The van der Waals surface area contributed by atoms with Crippen LogP contribution in [0.3, 0.4) is 0 Å². The van der Waals surface area contributed by atoms with E-state index in [0.717, 1.165) is 24.8 Å². The Morgan fingerprint density at radius 2 is 2.24 bits per heavy atom. The molecule has 1 aliphatic rings. The molecule has 0 fully saturated rings. The van der Waals surface area contributed by atoms with Gasteiger partial charge in [-0.2, -0.15) is 0 Å². The molecule has 0 saturated carbocycles. The molecule has 0 aliphatic heterocycles. The Labute approximate surface area is 125 Å². The van der Waals surface area contributed by atoms with Crippen LogP contribution in [-0.4, -0.2) is 29.1 Å². The number of carbonyl (C=O) groups excluding carboxylic acids is 2. The van der Waals surface area contributed by atoms with Gasteiger partial charge in [-0.3, -0.25) is 4.79 Å². The second-order valence-corrected chi connectivity index (χ2v) is 5.92. The third-order valence-corrected chi connectivity index (χ3v) is 4.36. The van der Waals surface area contributed by atoms with E-state index in [-0.39, 0.29) is 6.04 Å². The van der Waals surface area contributed by atoms with E-state index in [9.17, 15) is 14.4 Å². The van der Waals surface area contributed by atoms with E-state index >= 15 is 0 Å². The number of carboxylic acid groups (broad SMARTS) is 1. The van der Waals surface area contributed by atoms with Crippen LogP contribution in [0.4, 0.5) is 4.79 Å². The fourth-order valence-corrected chi connectivity index (χ4v) is 3.38. The Morgan fingerprint density at radius 3 is 2.90 bits per heavy atom. The van der Waals surface area contributed by atoms with Crippen LogP contribution in [0.25, 0.3) is 0 Å². The first-order valence-corrected chi connectivity index (χ1v) is 7.49. The van der Waals surface area contributed by atoms with E-state index in [1.54, 1.807) is 11.3 Å². The number of hydrogen-bond acceptors (Lipinski definition) is 4. The summed E-state index contributed by atoms with van der Waals surface area (Å²) in [5, 5.41) is 16.0. The van der Waals surface area contributed by atoms with Crippen molar-refractivity contribution in [2.45, 2.75) is 37.8 Å². The van der Waals surface area contributed by atoms with Crippen molar-refractivity contribution in [2.24, 2.45) is 5.73 Å². The second kappa shape index (κ2) is 6.57. The molecular weight excluding hydrogens is 294 g/mol. The maximum atomic E-state index is 11.9. The van der Waals surface area contributed by atoms with Gasteiger partial charge in [0.2, 0.25) is 5.91 Å². The quantitative estimate of drug-likeness (QED) is 0.641. The average Bonchev–Trinajstić information content (AvgIpc) is 2.86. The molecule has 0 aromatic carbocycles. The minimum Gasteiger partial charge on any atom is -0.480 e. The molecule has 0 spiro atoms. The van der Waals surface area contributed by atoms with Crippen LogP contribution in [0, 0.1) is 0 Å². The standard InChI is InChI=1S/C13H17N3O4S/c14-11(17)6-9(12(18)19)16-13(20)15-8-2-1-3-10-7(8)4-5-21-10/h4-5,8-9H,1-3,6H2,(H2,14,17)(H,18,19)(H2,15,16,20)/t8?,9-/m0/s1. The second-order valence-electron chi connectivity index (χ2n) is 4.92. The number of rotatable bonds is 5. The van der Waals surface area contributed by atoms with E-state index in [1.165, 1.54) is 4.88 Å². The molecule has 0 bridgehead atoms. The third-order valence-electron chi connectivity index (χ3n) is 3.37. The lowest BCUT2D eigenvalue weighted by molar-refractivity contribution is -0.140. The number of aliphatic carboxylic acids is 1. The van der Waals surface area contributed by atoms with E-state index in [1.807, 2.05) is 11.4 Å². The number of thiophene rings is 1. The van der Waals surface area contributed by atoms with Crippen molar-refractivity contribution in [1.29, 1.82) is 0 Å². The van der Waals surface area contributed by atoms with Gasteiger partial charge in [0, 0.05) is 4.88 Å². The first-order valence-electron chi connectivity index (χ1n) is 6.61. The van der Waals surface area contributed by atoms with Gasteiger partial charge in [-0.1, -0.05) is 0 Å². The normalized spacial score (nSPS) is 18.4. The van der Waals surface area contributed by atoms with Gasteiger partial charge in [0.25, 0.3) is 0 Å². The van der Waals surface area contributed by atoms with E-state index in [2.05, 4.69) is 10.6 Å². The molecule has 1 aromatic rings. The van der Waals surface area contributed by atoms with Gasteiger partial charge in [0.05, 0.1) is 12.5 Å². The van der Waals surface area contributed by atoms with Crippen molar-refractivity contribution in [3.63, 3.8) is 0 Å². The summed E-state index contributed by atoms with van der Waals surface area (Å²) < 4.78 is 0. The molecule has 1 unspecified atom stereocenters. The van der Waals surface area contributed by atoms with Gasteiger partial charge in [-0.25, -0.2) is 9.59 Å². The fourth-order valence-electron chi connectivity index (χ4n) is 2.40. The van der Waals surface area contributed by atoms with Gasteiger partial charge in [-0.05, 0) is 36.3 Å². The summed E-state index contributed by atoms with van der Waals surface area (Å²) in [6.07, 6.45) is 2.36. The Balaban J connectivity index is 1.96. The predicted molar refractivity (Wildman–Crippen MR) is 76.9 cm³/mol. The highest BCUT2D eigenvalue weighted by Crippen LogP contribution is 2.33. The highest BCUT2D eigenvalue weighted by Gasteiger charge is 2.26. The molecular formula is C13H17N3O4S. The lowest BCUT2D eigenvalue weighted by Crippen LogP contribution is -2.48. The summed E-state index contributed by atoms with van der Waals surface area (Å²) in [7, 11) is 0. The summed E-state index contributed by atoms with van der Waals surface area (Å²) in [4.78, 5) is 34.9. The maximum Gasteiger partial charge on any atom is 0.326 e. The largest absolute Gasteiger partial charge is 0.480 e. The average molecular weight is 311 g/mol. The van der Waals surface area contributed by atoms with Gasteiger partial charge in [0.15, 0.2) is 0 Å². The molecule has 3 amide bonds. The Hall–Kier alpha value is -2.09. The summed E-state index contributed by atoms with van der Waals surface area (Å²) in [6, 6.07) is -0.0638. The molecule has 7 nitrogen and oxygen atoms in total. The number of carbonyl (C=O) groups is 3. The minimum atomic E-state index is -1.31. The first-order chi connectivity index (χ1) is 9.97. The van der Waals surface area contributed by atoms with Crippen LogP contribution in [0.2, 0.25) is 0 Å². The van der Waals surface area contributed by atoms with E-state index in [4.69, 9.17) is 10.8 Å². The Kier molecular flexibility index (Phi) is 4.79. The summed E-state index contributed by atoms with van der Waals surface area (Å²) in [5.74, 6) is -2.07. The van der Waals surface area contributed by atoms with Crippen molar-refractivity contribution >= 4 is 29.2 Å². The topological polar surface area (TPSA) is 122 Å². The maximum absolute atomic E-state index is 11.9. The number of nitrogens with two attached hydrogens (primary N) is 1. The SMILES string of the molecule is NC(=O)C[C@H](NC(=O)NC1CCCc2sccc21)C(=O)O. The van der Waals surface area contributed by atoms with Gasteiger partial charge < -0.3 is 21.5 Å². The highest BCUT2D eigenvalue weighted by molar-refractivity contribution is 7.10. The van der Waals surface area contributed by atoms with Crippen LogP contribution in [0.1, 0.15) is 35.7 Å². The number of amides is 3. The third kappa shape index (κ3) is 3.94. The number of primary amides is 1. The molecule has 114 valence electrons. The van der Waals surface area contributed by atoms with Crippen molar-refractivity contribution in [2.75, 3.05) is 0 Å². The zero-order chi connectivity index (χ0) is 15.4. The smallest absolute Gasteiger partial charge is 0.326 e. The van der Waals surface area contributed by atoms with Crippen molar-refractivity contribution in [3.05, 3.63) is 21.9 Å². The number of hydrogen-bond donors (Lipinski definition) is 4. The fraction of sp³-hybridized carbons (Fsp3) is 0.462. The highest BCUT2D eigenvalue weighted by atomic mass is 32.1. The van der Waals surface area contributed by atoms with E-state index < -0.39 is 30.4 Å². The van der Waals surface area contributed by atoms with Gasteiger partial charge >= 0.3 is 12.0 Å². The van der Waals surface area contributed by atoms with Crippen LogP contribution >= 0.6 is 11.3 Å². The lowest BCUT2D eigenvalue weighted by Gasteiger charge is -2.24. The van der Waals surface area contributed by atoms with Crippen molar-refractivity contribution in [3.8, 4) is 0 Å². The zero-order valence-electron chi connectivity index (χ0n) is 11.3. The monoisotopic (exact) mass is 311 g/mol. The number of urea groups is 1. The molecule has 1 aromatic heterocycles. The zero-order valence-corrected chi connectivity index (χ0v) is 12.1. The number of fused-ring (bicyclic) bond motifs is 1. The predicted octanol–water partition coefficient (Wildman–Crippen LogP) is 0.753. The number of aryl methyl sites for hydroxylation is 1. The molecule has 1 aliphatic carbocycles. The molecule has 2 rings (SSSR count). The number of nitrogens with one attached hydrogen (secondary N) is 2. The number of carboxylic acids is 1. The summed E-state index contributed by atoms with van der Waals surface area (Å²) >= 11 is 1.66. The Bertz CT molecular complexity index is 557. The van der Waals surface area contributed by atoms with Crippen LogP contribution < -0.4 is 16.4 Å². The van der Waals surface area contributed by atoms with Crippen LogP contribution in [0.5, 0.6) is 0 Å². The van der Waals surface area contributed by atoms with Crippen molar-refractivity contribution < 1.29 is 19.5 Å². The minimum absolute atomic E-state index is 0.122. The summed E-state index contributed by atoms with van der Waals surface area (Å²) in [5.41, 5.74) is 6.05. The van der Waals surface area contributed by atoms with Gasteiger partial charge in [0.1, 0.15) is 6.04 Å². The van der Waals surface area contributed by atoms with Crippen molar-refractivity contribution in [1.82, 2.24) is 10.6 Å². The van der Waals surface area contributed by atoms with Gasteiger partial charge in [-0.15, -0.1) is 11.3 Å². The molecule has 8 heteroatoms. The molecule has 21 heavy (non-hydrogen) atoms. The molecule has 0 radical (unpaired) electrons. The molecule has 1 heterocycles. The summed E-state index contributed by atoms with van der Waals surface area (Å²) in [6.45, 7) is 0. The molecule has 2 atom stereocenters. The molecule has 0 saturated heterocycles.